The lowest BCUT2D eigenvalue weighted by Gasteiger charge is -2.13. The Kier molecular flexibility index (Phi) is 5.78. The number of carbonyl (C=O) groups is 2. The summed E-state index contributed by atoms with van der Waals surface area (Å²) in [5.74, 6) is -0.101. The minimum atomic E-state index is -0.582. The summed E-state index contributed by atoms with van der Waals surface area (Å²) in [5.41, 5.74) is 0.385. The first kappa shape index (κ1) is 14.9. The van der Waals surface area contributed by atoms with Gasteiger partial charge in [0.05, 0.1) is 12.7 Å². The zero-order chi connectivity index (χ0) is 14.3. The van der Waals surface area contributed by atoms with E-state index in [-0.39, 0.29) is 11.8 Å². The molecular formula is C13H19N3O3. The maximum Gasteiger partial charge on any atom is 0.253 e. The van der Waals surface area contributed by atoms with E-state index in [1.165, 1.54) is 13.3 Å². The molecule has 2 N–H and O–H groups in total. The van der Waals surface area contributed by atoms with Gasteiger partial charge in [0.25, 0.3) is 5.91 Å². The minimum Gasteiger partial charge on any atom is -0.481 e. The SMILES string of the molecule is CCCNC(=O)C(C)NC(=O)c1ccc(OC)nc1. The van der Waals surface area contributed by atoms with Gasteiger partial charge in [-0.2, -0.15) is 0 Å². The third-order valence-corrected chi connectivity index (χ3v) is 2.50. The van der Waals surface area contributed by atoms with Gasteiger partial charge < -0.3 is 15.4 Å². The van der Waals surface area contributed by atoms with Crippen LogP contribution in [0.2, 0.25) is 0 Å². The molecule has 0 saturated carbocycles. The number of methoxy groups -OCH3 is 1. The van der Waals surface area contributed by atoms with Crippen molar-refractivity contribution in [1.29, 1.82) is 0 Å². The van der Waals surface area contributed by atoms with Gasteiger partial charge in [-0.15, -0.1) is 0 Å². The van der Waals surface area contributed by atoms with Crippen LogP contribution in [0, 0.1) is 0 Å². The standard InChI is InChI=1S/C13H19N3O3/c1-4-7-14-12(17)9(2)16-13(18)10-5-6-11(19-3)15-8-10/h5-6,8-9H,4,7H2,1-3H3,(H,14,17)(H,16,18). The van der Waals surface area contributed by atoms with Crippen molar-refractivity contribution in [2.24, 2.45) is 0 Å². The highest BCUT2D eigenvalue weighted by Gasteiger charge is 2.16. The monoisotopic (exact) mass is 265 g/mol. The second-order valence-corrected chi connectivity index (χ2v) is 4.08. The van der Waals surface area contributed by atoms with E-state index < -0.39 is 6.04 Å². The summed E-state index contributed by atoms with van der Waals surface area (Å²) in [6, 6.07) is 2.61. The molecule has 0 radical (unpaired) electrons. The quantitative estimate of drug-likeness (QED) is 0.794. The van der Waals surface area contributed by atoms with Crippen molar-refractivity contribution in [3.63, 3.8) is 0 Å². The molecule has 0 aliphatic carbocycles. The van der Waals surface area contributed by atoms with Crippen molar-refractivity contribution < 1.29 is 14.3 Å². The summed E-state index contributed by atoms with van der Waals surface area (Å²) in [6.45, 7) is 4.20. The molecule has 6 heteroatoms. The van der Waals surface area contributed by atoms with Crippen molar-refractivity contribution in [1.82, 2.24) is 15.6 Å². The Bertz CT molecular complexity index is 431. The topological polar surface area (TPSA) is 80.3 Å². The van der Waals surface area contributed by atoms with Gasteiger partial charge in [0.1, 0.15) is 6.04 Å². The molecule has 1 aromatic rings. The van der Waals surface area contributed by atoms with Crippen molar-refractivity contribution in [2.45, 2.75) is 26.3 Å². The van der Waals surface area contributed by atoms with Crippen molar-refractivity contribution in [2.75, 3.05) is 13.7 Å². The van der Waals surface area contributed by atoms with E-state index in [0.717, 1.165) is 6.42 Å². The molecule has 1 atom stereocenters. The van der Waals surface area contributed by atoms with E-state index in [4.69, 9.17) is 4.74 Å². The Balaban J connectivity index is 2.55. The van der Waals surface area contributed by atoms with Gasteiger partial charge in [-0.3, -0.25) is 9.59 Å². The molecular weight excluding hydrogens is 246 g/mol. The van der Waals surface area contributed by atoms with Gasteiger partial charge in [0.15, 0.2) is 0 Å². The van der Waals surface area contributed by atoms with Gasteiger partial charge in [-0.1, -0.05) is 6.92 Å². The highest BCUT2D eigenvalue weighted by molar-refractivity contribution is 5.97. The molecule has 1 aromatic heterocycles. The smallest absolute Gasteiger partial charge is 0.253 e. The van der Waals surface area contributed by atoms with Crippen LogP contribution in [0.1, 0.15) is 30.6 Å². The summed E-state index contributed by atoms with van der Waals surface area (Å²) in [4.78, 5) is 27.4. The van der Waals surface area contributed by atoms with Gasteiger partial charge in [0.2, 0.25) is 11.8 Å². The molecule has 0 saturated heterocycles. The predicted molar refractivity (Wildman–Crippen MR) is 71.0 cm³/mol. The highest BCUT2D eigenvalue weighted by atomic mass is 16.5. The van der Waals surface area contributed by atoms with Crippen LogP contribution >= 0.6 is 0 Å². The van der Waals surface area contributed by atoms with Crippen LogP contribution in [0.4, 0.5) is 0 Å². The fraction of sp³-hybridized carbons (Fsp3) is 0.462. The Hall–Kier alpha value is -2.11. The molecule has 0 aliphatic heterocycles. The van der Waals surface area contributed by atoms with Crippen LogP contribution in [0.25, 0.3) is 0 Å². The normalized spacial score (nSPS) is 11.5. The Morgan fingerprint density at radius 1 is 1.42 bits per heavy atom. The fourth-order valence-electron chi connectivity index (χ4n) is 1.38. The van der Waals surface area contributed by atoms with E-state index >= 15 is 0 Å². The number of pyridine rings is 1. The van der Waals surface area contributed by atoms with E-state index in [0.29, 0.717) is 18.0 Å². The van der Waals surface area contributed by atoms with Gasteiger partial charge in [-0.05, 0) is 19.4 Å². The molecule has 1 unspecified atom stereocenters. The molecule has 104 valence electrons. The molecule has 0 aromatic carbocycles. The van der Waals surface area contributed by atoms with Crippen LogP contribution in [0.15, 0.2) is 18.3 Å². The van der Waals surface area contributed by atoms with Crippen molar-refractivity contribution in [3.8, 4) is 5.88 Å². The molecule has 2 amide bonds. The van der Waals surface area contributed by atoms with Crippen LogP contribution in [-0.2, 0) is 4.79 Å². The first-order valence-electron chi connectivity index (χ1n) is 6.17. The van der Waals surface area contributed by atoms with Gasteiger partial charge in [0, 0.05) is 18.8 Å². The summed E-state index contributed by atoms with van der Waals surface area (Å²) in [5, 5.41) is 5.33. The van der Waals surface area contributed by atoms with Gasteiger partial charge in [-0.25, -0.2) is 4.98 Å². The highest BCUT2D eigenvalue weighted by Crippen LogP contribution is 2.06. The zero-order valence-corrected chi connectivity index (χ0v) is 11.4. The summed E-state index contributed by atoms with van der Waals surface area (Å²) >= 11 is 0. The Labute approximate surface area is 112 Å². The minimum absolute atomic E-state index is 0.198. The van der Waals surface area contributed by atoms with Crippen molar-refractivity contribution >= 4 is 11.8 Å². The largest absolute Gasteiger partial charge is 0.481 e. The number of nitrogens with zero attached hydrogens (tertiary/aromatic N) is 1. The van der Waals surface area contributed by atoms with E-state index in [9.17, 15) is 9.59 Å². The average Bonchev–Trinajstić information content (AvgIpc) is 2.44. The molecule has 0 spiro atoms. The molecule has 0 aliphatic rings. The number of hydrogen-bond acceptors (Lipinski definition) is 4. The van der Waals surface area contributed by atoms with Gasteiger partial charge >= 0.3 is 0 Å². The van der Waals surface area contributed by atoms with Crippen LogP contribution < -0.4 is 15.4 Å². The predicted octanol–water partition coefficient (Wildman–Crippen LogP) is 0.735. The zero-order valence-electron chi connectivity index (χ0n) is 11.4. The lowest BCUT2D eigenvalue weighted by Crippen LogP contribution is -2.45. The summed E-state index contributed by atoms with van der Waals surface area (Å²) in [7, 11) is 1.50. The maximum atomic E-state index is 11.9. The lowest BCUT2D eigenvalue weighted by molar-refractivity contribution is -0.122. The summed E-state index contributed by atoms with van der Waals surface area (Å²) in [6.07, 6.45) is 2.26. The van der Waals surface area contributed by atoms with Crippen molar-refractivity contribution in [3.05, 3.63) is 23.9 Å². The first-order valence-corrected chi connectivity index (χ1v) is 6.17. The molecule has 1 rings (SSSR count). The van der Waals surface area contributed by atoms with E-state index in [2.05, 4.69) is 15.6 Å². The van der Waals surface area contributed by atoms with Crippen LogP contribution in [0.3, 0.4) is 0 Å². The third kappa shape index (κ3) is 4.57. The first-order chi connectivity index (χ1) is 9.08. The number of hydrogen-bond donors (Lipinski definition) is 2. The number of aromatic nitrogens is 1. The number of ether oxygens (including phenoxy) is 1. The number of carbonyl (C=O) groups excluding carboxylic acids is 2. The fourth-order valence-corrected chi connectivity index (χ4v) is 1.38. The van der Waals surface area contributed by atoms with Crippen LogP contribution in [0.5, 0.6) is 5.88 Å². The van der Waals surface area contributed by atoms with E-state index in [1.54, 1.807) is 19.1 Å². The Morgan fingerprint density at radius 2 is 2.16 bits per heavy atom. The molecule has 6 nitrogen and oxygen atoms in total. The lowest BCUT2D eigenvalue weighted by atomic mass is 10.2. The van der Waals surface area contributed by atoms with E-state index in [1.807, 2.05) is 6.92 Å². The number of amides is 2. The number of rotatable bonds is 6. The molecule has 0 fully saturated rings. The molecule has 0 bridgehead atoms. The second kappa shape index (κ2) is 7.35. The average molecular weight is 265 g/mol. The van der Waals surface area contributed by atoms with Crippen LogP contribution in [-0.4, -0.2) is 36.5 Å². The second-order valence-electron chi connectivity index (χ2n) is 4.08. The summed E-state index contributed by atoms with van der Waals surface area (Å²) < 4.78 is 4.91. The maximum absolute atomic E-state index is 11.9. The molecule has 1 heterocycles. The number of nitrogens with one attached hydrogen (secondary N) is 2. The molecule has 19 heavy (non-hydrogen) atoms. The Morgan fingerprint density at radius 3 is 2.68 bits per heavy atom. The third-order valence-electron chi connectivity index (χ3n) is 2.50.